The van der Waals surface area contributed by atoms with Gasteiger partial charge in [0.05, 0.1) is 0 Å². The van der Waals surface area contributed by atoms with E-state index in [1.54, 1.807) is 0 Å². The number of rotatable bonds is 12. The van der Waals surface area contributed by atoms with Gasteiger partial charge in [-0.2, -0.15) is 0 Å². The quantitative estimate of drug-likeness (QED) is 0.505. The zero-order valence-corrected chi connectivity index (χ0v) is 10.3. The van der Waals surface area contributed by atoms with E-state index in [2.05, 4.69) is 12.2 Å². The van der Waals surface area contributed by atoms with E-state index in [9.17, 15) is 4.79 Å². The number of unbranched alkanes of at least 4 members (excludes halogenated alkanes) is 2. The van der Waals surface area contributed by atoms with Crippen molar-refractivity contribution in [3.63, 3.8) is 0 Å². The molecule has 0 heterocycles. The topological polar surface area (TPSA) is 58.6 Å². The largest absolute Gasteiger partial charge is 0.481 e. The lowest BCUT2D eigenvalue weighted by Gasteiger charge is -2.05. The molecule has 0 aromatic heterocycles. The van der Waals surface area contributed by atoms with Gasteiger partial charge in [-0.05, 0) is 38.8 Å². The molecule has 0 aliphatic carbocycles. The van der Waals surface area contributed by atoms with Gasteiger partial charge in [-0.1, -0.05) is 13.3 Å². The molecule has 0 fully saturated rings. The predicted molar refractivity (Wildman–Crippen MR) is 64.7 cm³/mol. The maximum atomic E-state index is 10.2. The van der Waals surface area contributed by atoms with Gasteiger partial charge in [0.2, 0.25) is 0 Å². The third kappa shape index (κ3) is 13.4. The number of hydrogen-bond acceptors (Lipinski definition) is 3. The minimum absolute atomic E-state index is 0.280. The molecule has 0 amide bonds. The average molecular weight is 231 g/mol. The van der Waals surface area contributed by atoms with E-state index in [1.807, 2.05) is 0 Å². The number of carbonyl (C=O) groups is 1. The van der Waals surface area contributed by atoms with Crippen molar-refractivity contribution in [1.82, 2.24) is 5.32 Å². The van der Waals surface area contributed by atoms with Gasteiger partial charge in [-0.3, -0.25) is 4.79 Å². The van der Waals surface area contributed by atoms with Gasteiger partial charge < -0.3 is 15.2 Å². The average Bonchev–Trinajstić information content (AvgIpc) is 2.25. The Kier molecular flexibility index (Phi) is 12.0. The van der Waals surface area contributed by atoms with E-state index in [0.717, 1.165) is 52.0 Å². The molecule has 4 heteroatoms. The lowest BCUT2D eigenvalue weighted by atomic mass is 10.2. The van der Waals surface area contributed by atoms with E-state index in [4.69, 9.17) is 9.84 Å². The van der Waals surface area contributed by atoms with E-state index in [1.165, 1.54) is 6.42 Å². The number of hydrogen-bond donors (Lipinski definition) is 2. The van der Waals surface area contributed by atoms with Crippen LogP contribution in [0.5, 0.6) is 0 Å². The third-order valence-electron chi connectivity index (χ3n) is 2.28. The minimum atomic E-state index is -0.704. The standard InChI is InChI=1S/C12H25NO3/c1-2-3-10-16-11-6-9-13-8-5-4-7-12(14)15/h13H,2-11H2,1H3,(H,14,15). The summed E-state index contributed by atoms with van der Waals surface area (Å²) in [6.07, 6.45) is 5.33. The van der Waals surface area contributed by atoms with Crippen LogP contribution in [0.2, 0.25) is 0 Å². The van der Waals surface area contributed by atoms with Crippen LogP contribution in [0.4, 0.5) is 0 Å². The Morgan fingerprint density at radius 1 is 1.12 bits per heavy atom. The smallest absolute Gasteiger partial charge is 0.303 e. The molecule has 0 aromatic carbocycles. The molecule has 0 atom stereocenters. The van der Waals surface area contributed by atoms with Gasteiger partial charge in [0.25, 0.3) is 0 Å². The molecular formula is C12H25NO3. The summed E-state index contributed by atoms with van der Waals surface area (Å²) in [5, 5.41) is 11.7. The first-order chi connectivity index (χ1) is 7.77. The molecule has 0 rings (SSSR count). The summed E-state index contributed by atoms with van der Waals surface area (Å²) in [7, 11) is 0. The Labute approximate surface area is 98.4 Å². The van der Waals surface area contributed by atoms with Crippen molar-refractivity contribution in [3.8, 4) is 0 Å². The number of ether oxygens (including phenoxy) is 1. The monoisotopic (exact) mass is 231 g/mol. The highest BCUT2D eigenvalue weighted by Crippen LogP contribution is 1.93. The van der Waals surface area contributed by atoms with Crippen LogP contribution in [-0.4, -0.2) is 37.4 Å². The molecule has 4 nitrogen and oxygen atoms in total. The van der Waals surface area contributed by atoms with Gasteiger partial charge in [0.1, 0.15) is 0 Å². The number of carboxylic acids is 1. The van der Waals surface area contributed by atoms with Gasteiger partial charge in [-0.25, -0.2) is 0 Å². The zero-order valence-electron chi connectivity index (χ0n) is 10.3. The van der Waals surface area contributed by atoms with Crippen LogP contribution >= 0.6 is 0 Å². The Hall–Kier alpha value is -0.610. The van der Waals surface area contributed by atoms with E-state index in [-0.39, 0.29) is 6.42 Å². The third-order valence-corrected chi connectivity index (χ3v) is 2.28. The molecular weight excluding hydrogens is 206 g/mol. The van der Waals surface area contributed by atoms with Crippen molar-refractivity contribution < 1.29 is 14.6 Å². The lowest BCUT2D eigenvalue weighted by molar-refractivity contribution is -0.137. The molecule has 0 saturated carbocycles. The van der Waals surface area contributed by atoms with Crippen molar-refractivity contribution in [2.75, 3.05) is 26.3 Å². The fourth-order valence-electron chi connectivity index (χ4n) is 1.30. The van der Waals surface area contributed by atoms with Crippen LogP contribution in [0.3, 0.4) is 0 Å². The molecule has 0 unspecified atom stereocenters. The highest BCUT2D eigenvalue weighted by molar-refractivity contribution is 5.66. The highest BCUT2D eigenvalue weighted by Gasteiger charge is 1.95. The van der Waals surface area contributed by atoms with Gasteiger partial charge in [0.15, 0.2) is 0 Å². The predicted octanol–water partition coefficient (Wildman–Crippen LogP) is 2.04. The second kappa shape index (κ2) is 12.5. The summed E-state index contributed by atoms with van der Waals surface area (Å²) in [6, 6.07) is 0. The lowest BCUT2D eigenvalue weighted by Crippen LogP contribution is -2.18. The van der Waals surface area contributed by atoms with E-state index in [0.29, 0.717) is 0 Å². The number of aliphatic carboxylic acids is 1. The molecule has 0 spiro atoms. The molecule has 0 bridgehead atoms. The van der Waals surface area contributed by atoms with Crippen LogP contribution in [0, 0.1) is 0 Å². The zero-order chi connectivity index (χ0) is 12.1. The van der Waals surface area contributed by atoms with Gasteiger partial charge in [-0.15, -0.1) is 0 Å². The van der Waals surface area contributed by atoms with Crippen LogP contribution in [-0.2, 0) is 9.53 Å². The first kappa shape index (κ1) is 15.4. The summed E-state index contributed by atoms with van der Waals surface area (Å²) in [6.45, 7) is 5.71. The first-order valence-electron chi connectivity index (χ1n) is 6.27. The second-order valence-corrected chi connectivity index (χ2v) is 3.92. The summed E-state index contributed by atoms with van der Waals surface area (Å²) >= 11 is 0. The van der Waals surface area contributed by atoms with Crippen LogP contribution < -0.4 is 5.32 Å². The summed E-state index contributed by atoms with van der Waals surface area (Å²) < 4.78 is 5.42. The number of nitrogens with one attached hydrogen (secondary N) is 1. The molecule has 0 aliphatic rings. The summed E-state index contributed by atoms with van der Waals surface area (Å²) in [5.41, 5.74) is 0. The fourth-order valence-corrected chi connectivity index (χ4v) is 1.30. The highest BCUT2D eigenvalue weighted by atomic mass is 16.5. The molecule has 0 radical (unpaired) electrons. The maximum Gasteiger partial charge on any atom is 0.303 e. The normalized spacial score (nSPS) is 10.6. The summed E-state index contributed by atoms with van der Waals surface area (Å²) in [5.74, 6) is -0.704. The molecule has 16 heavy (non-hydrogen) atoms. The molecule has 0 aliphatic heterocycles. The minimum Gasteiger partial charge on any atom is -0.481 e. The van der Waals surface area contributed by atoms with Crippen molar-refractivity contribution in [2.45, 2.75) is 45.4 Å². The molecule has 96 valence electrons. The van der Waals surface area contributed by atoms with Crippen LogP contribution in [0.1, 0.15) is 45.4 Å². The number of carboxylic acid groups (broad SMARTS) is 1. The Balaban J connectivity index is 2.90. The van der Waals surface area contributed by atoms with Gasteiger partial charge in [0, 0.05) is 19.6 Å². The van der Waals surface area contributed by atoms with E-state index >= 15 is 0 Å². The first-order valence-corrected chi connectivity index (χ1v) is 6.27. The second-order valence-electron chi connectivity index (χ2n) is 3.92. The Bertz CT molecular complexity index is 162. The SMILES string of the molecule is CCCCOCCCNCCCCC(=O)O. The molecule has 2 N–H and O–H groups in total. The van der Waals surface area contributed by atoms with Crippen molar-refractivity contribution in [1.29, 1.82) is 0 Å². The van der Waals surface area contributed by atoms with Crippen molar-refractivity contribution >= 4 is 5.97 Å². The Morgan fingerprint density at radius 3 is 2.50 bits per heavy atom. The maximum absolute atomic E-state index is 10.2. The Morgan fingerprint density at radius 2 is 1.81 bits per heavy atom. The van der Waals surface area contributed by atoms with Crippen LogP contribution in [0.25, 0.3) is 0 Å². The van der Waals surface area contributed by atoms with Crippen molar-refractivity contribution in [2.24, 2.45) is 0 Å². The fraction of sp³-hybridized carbons (Fsp3) is 0.917. The van der Waals surface area contributed by atoms with Crippen LogP contribution in [0.15, 0.2) is 0 Å². The molecule has 0 aromatic rings. The summed E-state index contributed by atoms with van der Waals surface area (Å²) in [4.78, 5) is 10.2. The molecule has 0 saturated heterocycles. The van der Waals surface area contributed by atoms with Crippen molar-refractivity contribution in [3.05, 3.63) is 0 Å². The van der Waals surface area contributed by atoms with Gasteiger partial charge >= 0.3 is 5.97 Å². The van der Waals surface area contributed by atoms with E-state index < -0.39 is 5.97 Å².